The molecule has 1 N–H and O–H groups in total. The number of carbonyl (C=O) groups is 2. The van der Waals surface area contributed by atoms with Crippen molar-refractivity contribution in [1.29, 1.82) is 0 Å². The number of ether oxygens (including phenoxy) is 2. The Bertz CT molecular complexity index is 821. The summed E-state index contributed by atoms with van der Waals surface area (Å²) >= 11 is 0. The number of rotatable bonds is 5. The fourth-order valence-corrected chi connectivity index (χ4v) is 5.68. The number of benzene rings is 1. The molecule has 3 heterocycles. The van der Waals surface area contributed by atoms with Crippen molar-refractivity contribution in [1.82, 2.24) is 4.90 Å². The Morgan fingerprint density at radius 1 is 1.24 bits per heavy atom. The Morgan fingerprint density at radius 2 is 2.03 bits per heavy atom. The lowest BCUT2D eigenvalue weighted by atomic mass is 9.76. The third kappa shape index (κ3) is 3.54. The quantitative estimate of drug-likeness (QED) is 0.469. The van der Waals surface area contributed by atoms with Gasteiger partial charge in [-0.1, -0.05) is 31.5 Å². The molecule has 0 radical (unpaired) electrons. The molecule has 2 saturated heterocycles. The van der Waals surface area contributed by atoms with E-state index in [1.165, 1.54) is 7.11 Å². The molecule has 156 valence electrons. The molecular weight excluding hydrogens is 368 g/mol. The van der Waals surface area contributed by atoms with Crippen molar-refractivity contribution in [2.45, 2.75) is 38.1 Å². The van der Waals surface area contributed by atoms with E-state index in [0.29, 0.717) is 23.5 Å². The average molecular weight is 399 g/mol. The third-order valence-electron chi connectivity index (χ3n) is 7.02. The van der Waals surface area contributed by atoms with Gasteiger partial charge in [0.1, 0.15) is 0 Å². The van der Waals surface area contributed by atoms with Gasteiger partial charge in [-0.15, -0.1) is 0 Å². The van der Waals surface area contributed by atoms with Gasteiger partial charge < -0.3 is 14.8 Å². The zero-order chi connectivity index (χ0) is 20.5. The molecule has 6 nitrogen and oxygen atoms in total. The number of amides is 1. The number of hydrogen-bond acceptors (Lipinski definition) is 5. The number of piperidine rings is 1. The van der Waals surface area contributed by atoms with Crippen LogP contribution >= 0.6 is 0 Å². The molecule has 1 amide bonds. The smallest absolute Gasteiger partial charge is 0.337 e. The van der Waals surface area contributed by atoms with Crippen LogP contribution in [-0.2, 0) is 19.1 Å². The molecule has 29 heavy (non-hydrogen) atoms. The normalized spacial score (nSPS) is 31.8. The molecule has 1 aromatic carbocycles. The molecule has 3 aliphatic heterocycles. The highest BCUT2D eigenvalue weighted by Gasteiger charge is 2.47. The molecular formula is C23H30N2O4. The summed E-state index contributed by atoms with van der Waals surface area (Å²) in [5, 5.41) is 3.05. The number of methoxy groups -OCH3 is 2. The number of nitrogens with zero attached hydrogens (tertiary/aromatic N) is 1. The molecule has 0 saturated carbocycles. The van der Waals surface area contributed by atoms with Crippen LogP contribution in [0.2, 0.25) is 0 Å². The molecule has 3 aliphatic rings. The van der Waals surface area contributed by atoms with Crippen LogP contribution in [0.25, 0.3) is 0 Å². The van der Waals surface area contributed by atoms with Crippen LogP contribution in [0.3, 0.4) is 0 Å². The van der Waals surface area contributed by atoms with Crippen molar-refractivity contribution in [3.05, 3.63) is 41.7 Å². The minimum atomic E-state index is -0.303. The molecule has 0 spiro atoms. The van der Waals surface area contributed by atoms with E-state index in [2.05, 4.69) is 23.2 Å². The van der Waals surface area contributed by atoms with Gasteiger partial charge in [0.15, 0.2) is 0 Å². The van der Waals surface area contributed by atoms with Crippen LogP contribution in [-0.4, -0.2) is 50.1 Å². The van der Waals surface area contributed by atoms with E-state index >= 15 is 0 Å². The summed E-state index contributed by atoms with van der Waals surface area (Å²) in [6, 6.07) is 8.40. The zero-order valence-electron chi connectivity index (χ0n) is 17.4. The van der Waals surface area contributed by atoms with E-state index in [4.69, 9.17) is 9.47 Å². The topological polar surface area (TPSA) is 67.9 Å². The van der Waals surface area contributed by atoms with E-state index in [9.17, 15) is 9.59 Å². The number of hydrogen-bond donors (Lipinski definition) is 1. The fourth-order valence-electron chi connectivity index (χ4n) is 5.68. The molecule has 5 atom stereocenters. The van der Waals surface area contributed by atoms with Gasteiger partial charge in [-0.2, -0.15) is 0 Å². The van der Waals surface area contributed by atoms with E-state index in [1.54, 1.807) is 13.4 Å². The monoisotopic (exact) mass is 398 g/mol. The maximum absolute atomic E-state index is 12.7. The van der Waals surface area contributed by atoms with Gasteiger partial charge in [-0.25, -0.2) is 4.79 Å². The first kappa shape index (κ1) is 20.0. The number of anilines is 1. The largest absolute Gasteiger partial charge is 0.504 e. The lowest BCUT2D eigenvalue weighted by Gasteiger charge is -2.41. The zero-order valence-corrected chi connectivity index (χ0v) is 17.4. The first-order valence-electron chi connectivity index (χ1n) is 10.5. The predicted molar refractivity (Wildman–Crippen MR) is 110 cm³/mol. The van der Waals surface area contributed by atoms with E-state index in [0.717, 1.165) is 43.6 Å². The van der Waals surface area contributed by atoms with Gasteiger partial charge in [-0.05, 0) is 42.2 Å². The van der Waals surface area contributed by atoms with Gasteiger partial charge in [0.05, 0.1) is 32.0 Å². The summed E-state index contributed by atoms with van der Waals surface area (Å²) in [7, 11) is 2.99. The molecule has 2 fully saturated rings. The first-order chi connectivity index (χ1) is 14.1. The first-order valence-corrected chi connectivity index (χ1v) is 10.5. The number of fused-ring (bicyclic) bond motifs is 2. The Morgan fingerprint density at radius 3 is 2.76 bits per heavy atom. The second-order valence-corrected chi connectivity index (χ2v) is 8.47. The Balaban J connectivity index is 1.55. The van der Waals surface area contributed by atoms with Crippen LogP contribution in [0.15, 0.2) is 36.1 Å². The van der Waals surface area contributed by atoms with Gasteiger partial charge >= 0.3 is 5.97 Å². The fraction of sp³-hybridized carbons (Fsp3) is 0.565. The van der Waals surface area contributed by atoms with Crippen LogP contribution in [0.1, 0.15) is 37.7 Å². The molecule has 0 aliphatic carbocycles. The van der Waals surface area contributed by atoms with Crippen LogP contribution < -0.4 is 5.32 Å². The highest BCUT2D eigenvalue weighted by atomic mass is 16.5. The SMILES string of the molecule is CC[C@H]1CN2CC(C3C(=O)Nc4ccccc43)C[C@H]2C[C@@H]1/C(=C\OC)C(=O)OC. The van der Waals surface area contributed by atoms with Crippen molar-refractivity contribution in [2.24, 2.45) is 17.8 Å². The molecule has 1 aromatic rings. The number of nitrogens with one attached hydrogen (secondary N) is 1. The Kier molecular flexibility index (Phi) is 5.63. The van der Waals surface area contributed by atoms with Crippen molar-refractivity contribution in [3.8, 4) is 0 Å². The third-order valence-corrected chi connectivity index (χ3v) is 7.02. The highest BCUT2D eigenvalue weighted by Crippen LogP contribution is 2.47. The van der Waals surface area contributed by atoms with Crippen LogP contribution in [0.5, 0.6) is 0 Å². The van der Waals surface area contributed by atoms with Gasteiger partial charge in [0, 0.05) is 24.8 Å². The van der Waals surface area contributed by atoms with Crippen molar-refractivity contribution >= 4 is 17.6 Å². The van der Waals surface area contributed by atoms with Crippen molar-refractivity contribution < 1.29 is 19.1 Å². The summed E-state index contributed by atoms with van der Waals surface area (Å²) in [5.41, 5.74) is 2.71. The van der Waals surface area contributed by atoms with Crippen molar-refractivity contribution in [3.63, 3.8) is 0 Å². The average Bonchev–Trinajstić information content (AvgIpc) is 3.29. The summed E-state index contributed by atoms with van der Waals surface area (Å²) in [5.74, 6) is 0.529. The predicted octanol–water partition coefficient (Wildman–Crippen LogP) is 3.16. The minimum absolute atomic E-state index is 0.0788. The maximum Gasteiger partial charge on any atom is 0.337 e. The van der Waals surface area contributed by atoms with Gasteiger partial charge in [-0.3, -0.25) is 9.69 Å². The molecule has 2 unspecified atom stereocenters. The number of para-hydroxylation sites is 1. The van der Waals surface area contributed by atoms with Crippen LogP contribution in [0, 0.1) is 17.8 Å². The van der Waals surface area contributed by atoms with Gasteiger partial charge in [0.25, 0.3) is 0 Å². The number of esters is 1. The summed E-state index contributed by atoms with van der Waals surface area (Å²) in [6.45, 7) is 4.05. The highest BCUT2D eigenvalue weighted by molar-refractivity contribution is 6.03. The van der Waals surface area contributed by atoms with Crippen LogP contribution in [0.4, 0.5) is 5.69 Å². The molecule has 0 aromatic heterocycles. The molecule has 6 heteroatoms. The Labute approximate surface area is 172 Å². The molecule has 4 rings (SSSR count). The van der Waals surface area contributed by atoms with E-state index in [-0.39, 0.29) is 23.7 Å². The standard InChI is InChI=1S/C23H30N2O4/c1-4-14-11-25-12-15(21-17-7-5-6-8-20(17)24-22(21)26)9-16(25)10-18(14)19(13-28-2)23(27)29-3/h5-8,13-16,18,21H,4,9-12H2,1-3H3,(H,24,26)/b19-13+/t14-,15?,16-,18-,21?/m0/s1. The minimum Gasteiger partial charge on any atom is -0.504 e. The maximum atomic E-state index is 12.7. The summed E-state index contributed by atoms with van der Waals surface area (Å²) < 4.78 is 10.2. The summed E-state index contributed by atoms with van der Waals surface area (Å²) in [4.78, 5) is 27.6. The Hall–Kier alpha value is -2.34. The van der Waals surface area contributed by atoms with E-state index < -0.39 is 0 Å². The second kappa shape index (κ2) is 8.19. The lowest BCUT2D eigenvalue weighted by molar-refractivity contribution is -0.137. The van der Waals surface area contributed by atoms with Gasteiger partial charge in [0.2, 0.25) is 5.91 Å². The lowest BCUT2D eigenvalue weighted by Crippen LogP contribution is -2.45. The van der Waals surface area contributed by atoms with E-state index in [1.807, 2.05) is 18.2 Å². The summed E-state index contributed by atoms with van der Waals surface area (Å²) in [6.07, 6.45) is 4.42. The van der Waals surface area contributed by atoms with Crippen molar-refractivity contribution in [2.75, 3.05) is 32.6 Å². The molecule has 0 bridgehead atoms. The number of carbonyl (C=O) groups excluding carboxylic acids is 2. The second-order valence-electron chi connectivity index (χ2n) is 8.47.